The first-order valence-electron chi connectivity index (χ1n) is 6.48. The molecule has 3 rings (SSSR count). The molecule has 1 aliphatic rings. The number of nitrogens with zero attached hydrogens (tertiary/aromatic N) is 1. The highest BCUT2D eigenvalue weighted by Crippen LogP contribution is 2.34. The van der Waals surface area contributed by atoms with Gasteiger partial charge in [0.05, 0.1) is 12.1 Å². The van der Waals surface area contributed by atoms with E-state index in [9.17, 15) is 8.42 Å². The molecule has 2 heterocycles. The van der Waals surface area contributed by atoms with Crippen LogP contribution in [0.1, 0.15) is 16.9 Å². The predicted molar refractivity (Wildman–Crippen MR) is 80.8 cm³/mol. The molecule has 1 aliphatic heterocycles. The lowest BCUT2D eigenvalue weighted by molar-refractivity contribution is 0.280. The largest absolute Gasteiger partial charge is 0.492 e. The van der Waals surface area contributed by atoms with Crippen LogP contribution in [-0.2, 0) is 23.0 Å². The number of anilines is 1. The Morgan fingerprint density at radius 2 is 2.29 bits per heavy atom. The normalized spacial score (nSPS) is 14.5. The summed E-state index contributed by atoms with van der Waals surface area (Å²) >= 11 is 1.40. The van der Waals surface area contributed by atoms with E-state index in [1.54, 1.807) is 17.8 Å². The summed E-state index contributed by atoms with van der Waals surface area (Å²) in [6.07, 6.45) is 3.28. The van der Waals surface area contributed by atoms with Gasteiger partial charge in [-0.1, -0.05) is 0 Å². The summed E-state index contributed by atoms with van der Waals surface area (Å²) in [5.74, 6) is 0.423. The second-order valence-corrected chi connectivity index (χ2v) is 7.46. The molecule has 21 heavy (non-hydrogen) atoms. The van der Waals surface area contributed by atoms with E-state index in [1.165, 1.54) is 17.4 Å². The van der Waals surface area contributed by atoms with Gasteiger partial charge in [-0.2, -0.15) is 0 Å². The Labute approximate surface area is 127 Å². The Kier molecular flexibility index (Phi) is 3.83. The molecule has 0 aliphatic carbocycles. The minimum absolute atomic E-state index is 0.113. The molecule has 2 aromatic rings. The van der Waals surface area contributed by atoms with E-state index in [0.717, 1.165) is 23.3 Å². The molecule has 0 spiro atoms. The summed E-state index contributed by atoms with van der Waals surface area (Å²) < 4.78 is 33.1. The number of ether oxygens (including phenoxy) is 1. The van der Waals surface area contributed by atoms with Crippen LogP contribution in [0.2, 0.25) is 0 Å². The zero-order valence-electron chi connectivity index (χ0n) is 11.2. The Morgan fingerprint density at radius 1 is 1.43 bits per heavy atom. The number of nitrogens with two attached hydrogens (primary N) is 1. The molecule has 0 saturated carbocycles. The second-order valence-electron chi connectivity index (χ2n) is 4.75. The van der Waals surface area contributed by atoms with Gasteiger partial charge < -0.3 is 10.5 Å². The molecule has 3 N–H and O–H groups in total. The quantitative estimate of drug-likeness (QED) is 0.831. The van der Waals surface area contributed by atoms with Crippen molar-refractivity contribution >= 4 is 27.0 Å². The van der Waals surface area contributed by atoms with Gasteiger partial charge in [0.25, 0.3) is 0 Å². The lowest BCUT2D eigenvalue weighted by Gasteiger charge is -2.21. The highest BCUT2D eigenvalue weighted by atomic mass is 32.2. The van der Waals surface area contributed by atoms with Crippen LogP contribution in [0.4, 0.5) is 5.69 Å². The molecular weight excluding hydrogens is 310 g/mol. The fourth-order valence-corrected chi connectivity index (χ4v) is 4.09. The molecule has 0 fully saturated rings. The Morgan fingerprint density at radius 3 is 3.05 bits per heavy atom. The van der Waals surface area contributed by atoms with Crippen molar-refractivity contribution in [2.24, 2.45) is 0 Å². The molecule has 1 aromatic heterocycles. The Hall–Kier alpha value is -1.64. The number of sulfonamides is 1. The van der Waals surface area contributed by atoms with Crippen LogP contribution in [0.3, 0.4) is 0 Å². The molecule has 0 unspecified atom stereocenters. The maximum absolute atomic E-state index is 12.5. The number of thiazole rings is 1. The van der Waals surface area contributed by atoms with Gasteiger partial charge in [-0.25, -0.2) is 13.1 Å². The third-order valence-corrected chi connectivity index (χ3v) is 5.39. The fraction of sp³-hybridized carbons (Fsp3) is 0.308. The van der Waals surface area contributed by atoms with Crippen LogP contribution in [0.5, 0.6) is 5.75 Å². The molecular formula is C13H15N3O3S2. The van der Waals surface area contributed by atoms with Crippen LogP contribution >= 0.6 is 11.3 Å². The van der Waals surface area contributed by atoms with E-state index >= 15 is 0 Å². The van der Waals surface area contributed by atoms with Crippen molar-refractivity contribution in [3.63, 3.8) is 0 Å². The summed E-state index contributed by atoms with van der Waals surface area (Å²) in [6.45, 7) is 0.727. The Balaban J connectivity index is 1.93. The number of aromatic nitrogens is 1. The Bertz CT molecular complexity index is 742. The van der Waals surface area contributed by atoms with Gasteiger partial charge >= 0.3 is 0 Å². The molecule has 0 amide bonds. The van der Waals surface area contributed by atoms with E-state index in [0.29, 0.717) is 18.0 Å². The van der Waals surface area contributed by atoms with Crippen LogP contribution in [0, 0.1) is 0 Å². The van der Waals surface area contributed by atoms with Crippen molar-refractivity contribution in [1.29, 1.82) is 0 Å². The van der Waals surface area contributed by atoms with E-state index in [2.05, 4.69) is 9.71 Å². The molecule has 0 saturated heterocycles. The number of aryl methyl sites for hydroxylation is 1. The summed E-state index contributed by atoms with van der Waals surface area (Å²) in [5.41, 5.74) is 8.75. The van der Waals surface area contributed by atoms with Crippen molar-refractivity contribution in [3.8, 4) is 5.75 Å². The van der Waals surface area contributed by atoms with Crippen LogP contribution < -0.4 is 15.2 Å². The number of nitrogen functional groups attached to an aromatic ring is 1. The number of hydrogen-bond acceptors (Lipinski definition) is 6. The zero-order chi connectivity index (χ0) is 14.9. The standard InChI is InChI=1S/C13H15N3O3S2/c14-10-4-9-2-1-3-19-13(9)12(5-10)21(17,18)16-7-11-6-15-8-20-11/h4-6,8,16H,1-3,7,14H2. The SMILES string of the molecule is Nc1cc2c(c(S(=O)(=O)NCc3cncs3)c1)OCCC2. The van der Waals surface area contributed by atoms with Gasteiger partial charge in [0, 0.05) is 23.3 Å². The third kappa shape index (κ3) is 3.02. The highest BCUT2D eigenvalue weighted by Gasteiger charge is 2.25. The maximum Gasteiger partial charge on any atom is 0.244 e. The summed E-state index contributed by atoms with van der Waals surface area (Å²) in [6, 6.07) is 3.22. The third-order valence-electron chi connectivity index (χ3n) is 3.20. The second kappa shape index (κ2) is 5.63. The van der Waals surface area contributed by atoms with E-state index < -0.39 is 10.0 Å². The molecule has 1 aromatic carbocycles. The van der Waals surface area contributed by atoms with Gasteiger partial charge in [0.2, 0.25) is 10.0 Å². The van der Waals surface area contributed by atoms with Gasteiger partial charge in [-0.15, -0.1) is 11.3 Å². The molecule has 0 bridgehead atoms. The molecule has 0 atom stereocenters. The average molecular weight is 325 g/mol. The first-order valence-corrected chi connectivity index (χ1v) is 8.85. The summed E-state index contributed by atoms with van der Waals surface area (Å²) in [5, 5.41) is 0. The minimum atomic E-state index is -3.68. The van der Waals surface area contributed by atoms with Crippen LogP contribution in [0.25, 0.3) is 0 Å². The van der Waals surface area contributed by atoms with Crippen molar-refractivity contribution in [3.05, 3.63) is 34.3 Å². The van der Waals surface area contributed by atoms with Gasteiger partial charge in [0.15, 0.2) is 0 Å². The number of benzene rings is 1. The van der Waals surface area contributed by atoms with Crippen molar-refractivity contribution < 1.29 is 13.2 Å². The van der Waals surface area contributed by atoms with Crippen molar-refractivity contribution in [2.75, 3.05) is 12.3 Å². The maximum atomic E-state index is 12.5. The number of fused-ring (bicyclic) bond motifs is 1. The first kappa shape index (κ1) is 14.3. The fourth-order valence-electron chi connectivity index (χ4n) is 2.24. The molecule has 0 radical (unpaired) electrons. The lowest BCUT2D eigenvalue weighted by Crippen LogP contribution is -2.25. The molecule has 8 heteroatoms. The number of hydrogen-bond donors (Lipinski definition) is 2. The number of rotatable bonds is 4. The molecule has 112 valence electrons. The smallest absolute Gasteiger partial charge is 0.244 e. The van der Waals surface area contributed by atoms with E-state index in [-0.39, 0.29) is 11.4 Å². The first-order chi connectivity index (χ1) is 10.1. The average Bonchev–Trinajstić information content (AvgIpc) is 2.97. The predicted octanol–water partition coefficient (Wildman–Crippen LogP) is 1.53. The lowest BCUT2D eigenvalue weighted by atomic mass is 10.1. The van der Waals surface area contributed by atoms with Gasteiger partial charge in [0.1, 0.15) is 10.6 Å². The van der Waals surface area contributed by atoms with Crippen LogP contribution in [0.15, 0.2) is 28.7 Å². The van der Waals surface area contributed by atoms with E-state index in [1.807, 2.05) is 0 Å². The van der Waals surface area contributed by atoms with Crippen LogP contribution in [-0.4, -0.2) is 20.0 Å². The van der Waals surface area contributed by atoms with E-state index in [4.69, 9.17) is 10.5 Å². The summed E-state index contributed by atoms with van der Waals surface area (Å²) in [7, 11) is -3.68. The zero-order valence-corrected chi connectivity index (χ0v) is 12.8. The number of nitrogens with one attached hydrogen (secondary N) is 1. The summed E-state index contributed by atoms with van der Waals surface area (Å²) in [4.78, 5) is 4.88. The van der Waals surface area contributed by atoms with Crippen molar-refractivity contribution in [1.82, 2.24) is 9.71 Å². The minimum Gasteiger partial charge on any atom is -0.492 e. The van der Waals surface area contributed by atoms with Crippen molar-refractivity contribution in [2.45, 2.75) is 24.3 Å². The highest BCUT2D eigenvalue weighted by molar-refractivity contribution is 7.89. The molecule has 6 nitrogen and oxygen atoms in total. The topological polar surface area (TPSA) is 94.3 Å². The van der Waals surface area contributed by atoms with Gasteiger partial charge in [-0.3, -0.25) is 4.98 Å². The van der Waals surface area contributed by atoms with Gasteiger partial charge in [-0.05, 0) is 30.5 Å². The monoisotopic (exact) mass is 325 g/mol.